The van der Waals surface area contributed by atoms with E-state index < -0.39 is 0 Å². The molecular weight excluding hydrogens is 234 g/mol. The van der Waals surface area contributed by atoms with Crippen molar-refractivity contribution in [2.75, 3.05) is 6.54 Å². The number of rotatable bonds is 5. The highest BCUT2D eigenvalue weighted by Crippen LogP contribution is 2.11. The van der Waals surface area contributed by atoms with E-state index in [2.05, 4.69) is 59.9 Å². The Morgan fingerprint density at radius 1 is 1.11 bits per heavy atom. The maximum atomic E-state index is 4.05. The van der Waals surface area contributed by atoms with Crippen molar-refractivity contribution in [2.45, 2.75) is 33.9 Å². The maximum absolute atomic E-state index is 4.05. The molecule has 0 aliphatic heterocycles. The maximum Gasteiger partial charge on any atom is 0.0949 e. The molecule has 102 valence electrons. The molecule has 0 fully saturated rings. The number of aromatic nitrogens is 2. The second kappa shape index (κ2) is 6.02. The fourth-order valence-corrected chi connectivity index (χ4v) is 1.94. The first kappa shape index (κ1) is 13.8. The minimum absolute atomic E-state index is 0.335. The summed E-state index contributed by atoms with van der Waals surface area (Å²) < 4.78 is 2.08. The molecule has 0 atom stereocenters. The van der Waals surface area contributed by atoms with Crippen LogP contribution < -0.4 is 5.32 Å². The SMILES string of the molecule is CC(C)(C)CNCc1ccc(Cn2ccnc2)cc1. The number of hydrogen-bond donors (Lipinski definition) is 1. The van der Waals surface area contributed by atoms with Gasteiger partial charge in [-0.2, -0.15) is 0 Å². The Morgan fingerprint density at radius 3 is 2.37 bits per heavy atom. The lowest BCUT2D eigenvalue weighted by Crippen LogP contribution is -2.26. The van der Waals surface area contributed by atoms with Crippen LogP contribution in [0.4, 0.5) is 0 Å². The Kier molecular flexibility index (Phi) is 4.38. The van der Waals surface area contributed by atoms with Gasteiger partial charge in [0.25, 0.3) is 0 Å². The van der Waals surface area contributed by atoms with Crippen molar-refractivity contribution >= 4 is 0 Å². The van der Waals surface area contributed by atoms with E-state index in [4.69, 9.17) is 0 Å². The van der Waals surface area contributed by atoms with Crippen molar-refractivity contribution in [3.8, 4) is 0 Å². The fourth-order valence-electron chi connectivity index (χ4n) is 1.94. The molecule has 3 nitrogen and oxygen atoms in total. The topological polar surface area (TPSA) is 29.9 Å². The fraction of sp³-hybridized carbons (Fsp3) is 0.438. The van der Waals surface area contributed by atoms with Gasteiger partial charge in [0.1, 0.15) is 0 Å². The minimum atomic E-state index is 0.335. The summed E-state index contributed by atoms with van der Waals surface area (Å²) in [5.74, 6) is 0. The minimum Gasteiger partial charge on any atom is -0.333 e. The summed E-state index contributed by atoms with van der Waals surface area (Å²) in [6, 6.07) is 8.77. The first-order valence-electron chi connectivity index (χ1n) is 6.77. The number of nitrogens with zero attached hydrogens (tertiary/aromatic N) is 2. The van der Waals surface area contributed by atoms with Gasteiger partial charge in [0.05, 0.1) is 6.33 Å². The van der Waals surface area contributed by atoms with Gasteiger partial charge in [-0.3, -0.25) is 0 Å². The van der Waals surface area contributed by atoms with Crippen LogP contribution >= 0.6 is 0 Å². The number of nitrogens with one attached hydrogen (secondary N) is 1. The molecule has 0 unspecified atom stereocenters. The second-order valence-electron chi connectivity index (χ2n) is 6.22. The highest BCUT2D eigenvalue weighted by atomic mass is 15.0. The van der Waals surface area contributed by atoms with Gasteiger partial charge in [-0.05, 0) is 16.5 Å². The lowest BCUT2D eigenvalue weighted by Gasteiger charge is -2.18. The molecule has 1 N–H and O–H groups in total. The molecule has 3 heteroatoms. The molecule has 0 aliphatic carbocycles. The lowest BCUT2D eigenvalue weighted by atomic mass is 9.97. The molecule has 19 heavy (non-hydrogen) atoms. The van der Waals surface area contributed by atoms with Crippen LogP contribution in [0.2, 0.25) is 0 Å². The van der Waals surface area contributed by atoms with Crippen molar-refractivity contribution in [1.82, 2.24) is 14.9 Å². The summed E-state index contributed by atoms with van der Waals surface area (Å²) in [7, 11) is 0. The zero-order valence-corrected chi connectivity index (χ0v) is 12.1. The third-order valence-corrected chi connectivity index (χ3v) is 2.93. The molecule has 0 radical (unpaired) electrons. The average Bonchev–Trinajstić information content (AvgIpc) is 2.83. The van der Waals surface area contributed by atoms with Crippen LogP contribution in [0.15, 0.2) is 43.0 Å². The number of benzene rings is 1. The number of hydrogen-bond acceptors (Lipinski definition) is 2. The van der Waals surface area contributed by atoms with E-state index in [1.807, 2.05) is 18.7 Å². The van der Waals surface area contributed by atoms with Gasteiger partial charge in [-0.15, -0.1) is 0 Å². The summed E-state index contributed by atoms with van der Waals surface area (Å²) in [5, 5.41) is 3.49. The van der Waals surface area contributed by atoms with Crippen molar-refractivity contribution < 1.29 is 0 Å². The zero-order valence-electron chi connectivity index (χ0n) is 12.1. The summed E-state index contributed by atoms with van der Waals surface area (Å²) in [4.78, 5) is 4.05. The van der Waals surface area contributed by atoms with E-state index in [1.165, 1.54) is 11.1 Å². The van der Waals surface area contributed by atoms with Gasteiger partial charge in [0.2, 0.25) is 0 Å². The summed E-state index contributed by atoms with van der Waals surface area (Å²) in [6.07, 6.45) is 5.64. The molecular formula is C16H23N3. The Bertz CT molecular complexity index is 478. The molecule has 1 aromatic heterocycles. The van der Waals surface area contributed by atoms with E-state index in [9.17, 15) is 0 Å². The van der Waals surface area contributed by atoms with Gasteiger partial charge in [0, 0.05) is 32.0 Å². The average molecular weight is 257 g/mol. The van der Waals surface area contributed by atoms with Crippen LogP contribution in [-0.4, -0.2) is 16.1 Å². The van der Waals surface area contributed by atoms with Crippen molar-refractivity contribution in [2.24, 2.45) is 5.41 Å². The Balaban J connectivity index is 1.84. The Labute approximate surface area is 115 Å². The van der Waals surface area contributed by atoms with Gasteiger partial charge in [-0.25, -0.2) is 4.98 Å². The molecule has 2 aromatic rings. The van der Waals surface area contributed by atoms with E-state index in [0.717, 1.165) is 19.6 Å². The Hall–Kier alpha value is -1.61. The van der Waals surface area contributed by atoms with E-state index >= 15 is 0 Å². The van der Waals surface area contributed by atoms with Crippen LogP contribution in [-0.2, 0) is 13.1 Å². The molecule has 0 aliphatic rings. The first-order chi connectivity index (χ1) is 9.03. The standard InChI is InChI=1S/C16H23N3/c1-16(2,3)12-18-10-14-4-6-15(7-5-14)11-19-9-8-17-13-19/h4-9,13,18H,10-12H2,1-3H3. The summed E-state index contributed by atoms with van der Waals surface area (Å²) in [6.45, 7) is 9.58. The number of imidazole rings is 1. The molecule has 0 saturated carbocycles. The van der Waals surface area contributed by atoms with E-state index in [1.54, 1.807) is 0 Å². The molecule has 0 spiro atoms. The third-order valence-electron chi connectivity index (χ3n) is 2.93. The van der Waals surface area contributed by atoms with Crippen LogP contribution in [0.5, 0.6) is 0 Å². The predicted octanol–water partition coefficient (Wildman–Crippen LogP) is 3.07. The predicted molar refractivity (Wildman–Crippen MR) is 78.9 cm³/mol. The third kappa shape index (κ3) is 4.87. The highest BCUT2D eigenvalue weighted by Gasteiger charge is 2.08. The van der Waals surface area contributed by atoms with Crippen molar-refractivity contribution in [3.05, 3.63) is 54.1 Å². The van der Waals surface area contributed by atoms with E-state index in [-0.39, 0.29) is 0 Å². The second-order valence-corrected chi connectivity index (χ2v) is 6.22. The summed E-state index contributed by atoms with van der Waals surface area (Å²) >= 11 is 0. The quantitative estimate of drug-likeness (QED) is 0.892. The smallest absolute Gasteiger partial charge is 0.0949 e. The van der Waals surface area contributed by atoms with Crippen LogP contribution in [0.3, 0.4) is 0 Å². The van der Waals surface area contributed by atoms with Gasteiger partial charge >= 0.3 is 0 Å². The molecule has 2 rings (SSSR count). The normalized spacial score (nSPS) is 11.7. The molecule has 0 amide bonds. The molecule has 1 aromatic carbocycles. The van der Waals surface area contributed by atoms with Gasteiger partial charge in [-0.1, -0.05) is 45.0 Å². The van der Waals surface area contributed by atoms with Crippen molar-refractivity contribution in [3.63, 3.8) is 0 Å². The van der Waals surface area contributed by atoms with Crippen LogP contribution in [0.25, 0.3) is 0 Å². The largest absolute Gasteiger partial charge is 0.333 e. The monoisotopic (exact) mass is 257 g/mol. The first-order valence-corrected chi connectivity index (χ1v) is 6.77. The highest BCUT2D eigenvalue weighted by molar-refractivity contribution is 5.22. The Morgan fingerprint density at radius 2 is 1.79 bits per heavy atom. The van der Waals surface area contributed by atoms with Crippen molar-refractivity contribution in [1.29, 1.82) is 0 Å². The van der Waals surface area contributed by atoms with E-state index in [0.29, 0.717) is 5.41 Å². The molecule has 0 saturated heterocycles. The lowest BCUT2D eigenvalue weighted by molar-refractivity contribution is 0.379. The van der Waals surface area contributed by atoms with Gasteiger partial charge < -0.3 is 9.88 Å². The van der Waals surface area contributed by atoms with Gasteiger partial charge in [0.15, 0.2) is 0 Å². The van der Waals surface area contributed by atoms with Crippen LogP contribution in [0, 0.1) is 5.41 Å². The zero-order chi connectivity index (χ0) is 13.7. The molecule has 1 heterocycles. The summed E-state index contributed by atoms with van der Waals surface area (Å²) in [5.41, 5.74) is 2.97. The van der Waals surface area contributed by atoms with Crippen LogP contribution in [0.1, 0.15) is 31.9 Å². The molecule has 0 bridgehead atoms.